The first-order valence-corrected chi connectivity index (χ1v) is 7.37. The van der Waals surface area contributed by atoms with E-state index in [-0.39, 0.29) is 36.8 Å². The van der Waals surface area contributed by atoms with Gasteiger partial charge in [0.25, 0.3) is 0 Å². The third-order valence-corrected chi connectivity index (χ3v) is 4.45. The molecule has 0 aromatic rings. The minimum atomic E-state index is 0. The molecule has 0 bridgehead atoms. The van der Waals surface area contributed by atoms with Gasteiger partial charge in [0.2, 0.25) is 5.91 Å². The second-order valence-corrected chi connectivity index (χ2v) is 5.83. The normalized spacial score (nSPS) is 26.5. The maximum Gasteiger partial charge on any atom is 0.239 e. The number of nitrogens with zero attached hydrogens (tertiary/aromatic N) is 2. The summed E-state index contributed by atoms with van der Waals surface area (Å²) in [5.41, 5.74) is 0. The number of carbonyl (C=O) groups is 1. The molecule has 2 aliphatic heterocycles. The summed E-state index contributed by atoms with van der Waals surface area (Å²) in [6.45, 7) is 3.11. The lowest BCUT2D eigenvalue weighted by molar-refractivity contribution is -0.131. The Morgan fingerprint density at radius 3 is 2.60 bits per heavy atom. The van der Waals surface area contributed by atoms with Crippen LogP contribution in [0.15, 0.2) is 0 Å². The van der Waals surface area contributed by atoms with Crippen molar-refractivity contribution in [2.75, 3.05) is 33.7 Å². The van der Waals surface area contributed by atoms with Crippen molar-refractivity contribution in [3.05, 3.63) is 0 Å². The molecule has 0 radical (unpaired) electrons. The number of hydrogen-bond donors (Lipinski definition) is 1. The molecule has 0 aliphatic carbocycles. The van der Waals surface area contributed by atoms with Gasteiger partial charge in [0.15, 0.2) is 0 Å². The van der Waals surface area contributed by atoms with Crippen LogP contribution in [0.2, 0.25) is 0 Å². The molecule has 0 spiro atoms. The highest BCUT2D eigenvalue weighted by Crippen LogP contribution is 2.18. The van der Waals surface area contributed by atoms with Crippen molar-refractivity contribution in [1.29, 1.82) is 0 Å². The fourth-order valence-corrected chi connectivity index (χ4v) is 3.12. The predicted octanol–water partition coefficient (Wildman–Crippen LogP) is 1.91. The summed E-state index contributed by atoms with van der Waals surface area (Å²) in [4.78, 5) is 16.5. The van der Waals surface area contributed by atoms with Gasteiger partial charge >= 0.3 is 0 Å². The zero-order chi connectivity index (χ0) is 13.0. The van der Waals surface area contributed by atoms with Gasteiger partial charge in [-0.1, -0.05) is 6.42 Å². The Balaban J connectivity index is 0.00000180. The van der Waals surface area contributed by atoms with Crippen molar-refractivity contribution in [3.63, 3.8) is 0 Å². The maximum atomic E-state index is 12.1. The molecule has 2 fully saturated rings. The zero-order valence-electron chi connectivity index (χ0n) is 12.6. The number of amides is 1. The van der Waals surface area contributed by atoms with Crippen LogP contribution >= 0.6 is 24.8 Å². The van der Waals surface area contributed by atoms with Gasteiger partial charge in [-0.25, -0.2) is 0 Å². The van der Waals surface area contributed by atoms with Crippen LogP contribution in [0.3, 0.4) is 0 Å². The van der Waals surface area contributed by atoms with Crippen LogP contribution in [-0.4, -0.2) is 61.5 Å². The summed E-state index contributed by atoms with van der Waals surface area (Å²) in [6.07, 6.45) is 7.22. The Morgan fingerprint density at radius 2 is 2.00 bits per heavy atom. The Morgan fingerprint density at radius 1 is 1.25 bits per heavy atom. The molecule has 1 N–H and O–H groups in total. The molecule has 2 unspecified atom stereocenters. The molecule has 2 heterocycles. The van der Waals surface area contributed by atoms with Crippen LogP contribution < -0.4 is 5.32 Å². The number of likely N-dealkylation sites (N-methyl/N-ethyl adjacent to an activating group) is 1. The van der Waals surface area contributed by atoms with Gasteiger partial charge < -0.3 is 15.1 Å². The Labute approximate surface area is 135 Å². The van der Waals surface area contributed by atoms with E-state index in [9.17, 15) is 4.79 Å². The van der Waals surface area contributed by atoms with Gasteiger partial charge in [-0.05, 0) is 52.2 Å². The average Bonchev–Trinajstić information content (AvgIpc) is 2.90. The first-order valence-electron chi connectivity index (χ1n) is 7.37. The minimum absolute atomic E-state index is 0. The topological polar surface area (TPSA) is 35.6 Å². The number of nitrogens with one attached hydrogen (secondary N) is 1. The SMILES string of the molecule is CN(CCC1CCCCN1C)C(=O)C1CCCN1.Cl.Cl. The summed E-state index contributed by atoms with van der Waals surface area (Å²) in [5, 5.41) is 3.28. The third kappa shape index (κ3) is 5.40. The van der Waals surface area contributed by atoms with E-state index in [0.717, 1.165) is 32.4 Å². The zero-order valence-corrected chi connectivity index (χ0v) is 14.3. The minimum Gasteiger partial charge on any atom is -0.344 e. The van der Waals surface area contributed by atoms with Crippen molar-refractivity contribution >= 4 is 30.7 Å². The number of hydrogen-bond acceptors (Lipinski definition) is 3. The fraction of sp³-hybridized carbons (Fsp3) is 0.929. The molecule has 0 aromatic heterocycles. The van der Waals surface area contributed by atoms with E-state index in [2.05, 4.69) is 17.3 Å². The van der Waals surface area contributed by atoms with E-state index in [0.29, 0.717) is 6.04 Å². The van der Waals surface area contributed by atoms with Crippen LogP contribution in [0.5, 0.6) is 0 Å². The van der Waals surface area contributed by atoms with Crippen molar-refractivity contribution in [3.8, 4) is 0 Å². The lowest BCUT2D eigenvalue weighted by atomic mass is 10.00. The Bertz CT molecular complexity index is 286. The predicted molar refractivity (Wildman–Crippen MR) is 88.0 cm³/mol. The van der Waals surface area contributed by atoms with Crippen LogP contribution in [0, 0.1) is 0 Å². The van der Waals surface area contributed by atoms with E-state index in [1.165, 1.54) is 25.8 Å². The Kier molecular flexibility index (Phi) is 9.81. The number of halogens is 2. The fourth-order valence-electron chi connectivity index (χ4n) is 3.12. The maximum absolute atomic E-state index is 12.1. The standard InChI is InChI=1S/C14H27N3O.2ClH/c1-16-10-4-3-6-12(16)8-11-17(2)14(18)13-7-5-9-15-13;;/h12-13,15H,3-11H2,1-2H3;2*1H. The highest BCUT2D eigenvalue weighted by Gasteiger charge is 2.26. The molecule has 0 saturated carbocycles. The first kappa shape index (κ1) is 20.0. The average molecular weight is 326 g/mol. The van der Waals surface area contributed by atoms with Crippen molar-refractivity contribution < 1.29 is 4.79 Å². The van der Waals surface area contributed by atoms with Crippen LogP contribution in [0.1, 0.15) is 38.5 Å². The van der Waals surface area contributed by atoms with Gasteiger partial charge in [0.05, 0.1) is 6.04 Å². The number of carbonyl (C=O) groups excluding carboxylic acids is 1. The largest absolute Gasteiger partial charge is 0.344 e. The van der Waals surface area contributed by atoms with Crippen LogP contribution in [0.4, 0.5) is 0 Å². The van der Waals surface area contributed by atoms with Gasteiger partial charge in [-0.3, -0.25) is 4.79 Å². The van der Waals surface area contributed by atoms with Crippen molar-refractivity contribution in [1.82, 2.24) is 15.1 Å². The summed E-state index contributed by atoms with van der Waals surface area (Å²) >= 11 is 0. The Hall–Kier alpha value is -0.0300. The smallest absolute Gasteiger partial charge is 0.239 e. The summed E-state index contributed by atoms with van der Waals surface area (Å²) < 4.78 is 0. The molecule has 2 saturated heterocycles. The quantitative estimate of drug-likeness (QED) is 0.857. The molecule has 4 nitrogen and oxygen atoms in total. The van der Waals surface area contributed by atoms with E-state index in [1.807, 2.05) is 11.9 Å². The summed E-state index contributed by atoms with van der Waals surface area (Å²) in [6, 6.07) is 0.754. The molecule has 20 heavy (non-hydrogen) atoms. The third-order valence-electron chi connectivity index (χ3n) is 4.45. The van der Waals surface area contributed by atoms with Crippen molar-refractivity contribution in [2.24, 2.45) is 0 Å². The van der Waals surface area contributed by atoms with Gasteiger partial charge in [0, 0.05) is 19.6 Å². The van der Waals surface area contributed by atoms with Crippen molar-refractivity contribution in [2.45, 2.75) is 50.6 Å². The molecule has 120 valence electrons. The van der Waals surface area contributed by atoms with Crippen LogP contribution in [-0.2, 0) is 4.79 Å². The lowest BCUT2D eigenvalue weighted by Crippen LogP contribution is -2.44. The lowest BCUT2D eigenvalue weighted by Gasteiger charge is -2.33. The monoisotopic (exact) mass is 325 g/mol. The molecule has 0 aromatic carbocycles. The number of rotatable bonds is 4. The first-order chi connectivity index (χ1) is 8.68. The molecule has 2 aliphatic rings. The molecule has 6 heteroatoms. The molecular formula is C14H29Cl2N3O. The molecular weight excluding hydrogens is 297 g/mol. The highest BCUT2D eigenvalue weighted by atomic mass is 35.5. The second-order valence-electron chi connectivity index (χ2n) is 5.83. The number of likely N-dealkylation sites (tertiary alicyclic amines) is 1. The van der Waals surface area contributed by atoms with Crippen LogP contribution in [0.25, 0.3) is 0 Å². The van der Waals surface area contributed by atoms with E-state index < -0.39 is 0 Å². The van der Waals surface area contributed by atoms with E-state index in [1.54, 1.807) is 0 Å². The second kappa shape index (κ2) is 9.82. The van der Waals surface area contributed by atoms with Gasteiger partial charge in [0.1, 0.15) is 0 Å². The molecule has 2 rings (SSSR count). The molecule has 2 atom stereocenters. The van der Waals surface area contributed by atoms with Gasteiger partial charge in [-0.2, -0.15) is 0 Å². The molecule has 1 amide bonds. The summed E-state index contributed by atoms with van der Waals surface area (Å²) in [7, 11) is 4.16. The number of piperidine rings is 1. The highest BCUT2D eigenvalue weighted by molar-refractivity contribution is 5.85. The van der Waals surface area contributed by atoms with E-state index >= 15 is 0 Å². The van der Waals surface area contributed by atoms with Gasteiger partial charge in [-0.15, -0.1) is 24.8 Å². The summed E-state index contributed by atoms with van der Waals surface area (Å²) in [5.74, 6) is 0.283. The van der Waals surface area contributed by atoms with E-state index in [4.69, 9.17) is 0 Å².